The van der Waals surface area contributed by atoms with Crippen molar-refractivity contribution in [2.45, 2.75) is 19.9 Å². The van der Waals surface area contributed by atoms with E-state index in [2.05, 4.69) is 0 Å². The number of esters is 1. The number of Topliss-reactive ketones (excluding diaryl/α,β-unsaturated/α-hetero) is 1. The average molecular weight is 409 g/mol. The van der Waals surface area contributed by atoms with Crippen LogP contribution in [-0.2, 0) is 19.1 Å². The van der Waals surface area contributed by atoms with Crippen LogP contribution in [0, 0.1) is 6.92 Å². The third-order valence-electron chi connectivity index (χ3n) is 4.84. The second kappa shape index (κ2) is 8.92. The molecule has 1 N–H and O–H groups in total. The van der Waals surface area contributed by atoms with E-state index in [0.717, 1.165) is 5.56 Å². The molecule has 1 unspecified atom stereocenters. The average Bonchev–Trinajstić information content (AvgIpc) is 2.96. The van der Waals surface area contributed by atoms with Crippen molar-refractivity contribution in [1.82, 2.24) is 4.90 Å². The largest absolute Gasteiger partial charge is 0.507 e. The highest BCUT2D eigenvalue weighted by atomic mass is 16.5. The molecule has 1 fully saturated rings. The van der Waals surface area contributed by atoms with Crippen molar-refractivity contribution >= 4 is 23.4 Å². The number of ketones is 1. The van der Waals surface area contributed by atoms with Crippen LogP contribution in [0.25, 0.3) is 5.76 Å². The molecule has 0 bridgehead atoms. The zero-order chi connectivity index (χ0) is 21.8. The molecular weight excluding hydrogens is 386 g/mol. The van der Waals surface area contributed by atoms with Gasteiger partial charge in [0.1, 0.15) is 11.5 Å². The van der Waals surface area contributed by atoms with Crippen molar-refractivity contribution in [1.29, 1.82) is 0 Å². The van der Waals surface area contributed by atoms with Gasteiger partial charge in [0.05, 0.1) is 18.2 Å². The quantitative estimate of drug-likeness (QED) is 0.259. The minimum Gasteiger partial charge on any atom is -0.507 e. The summed E-state index contributed by atoms with van der Waals surface area (Å²) in [5.74, 6) is -1.94. The Morgan fingerprint density at radius 1 is 1.13 bits per heavy atom. The first-order chi connectivity index (χ1) is 14.3. The smallest absolute Gasteiger partial charge is 0.308 e. The highest BCUT2D eigenvalue weighted by Gasteiger charge is 2.46. The number of ether oxygens (including phenoxy) is 2. The Balaban J connectivity index is 2.15. The molecule has 2 aromatic rings. The molecule has 156 valence electrons. The summed E-state index contributed by atoms with van der Waals surface area (Å²) in [5, 5.41) is 11.0. The van der Waals surface area contributed by atoms with Crippen LogP contribution in [0.4, 0.5) is 0 Å². The van der Waals surface area contributed by atoms with Crippen molar-refractivity contribution in [3.8, 4) is 5.75 Å². The molecule has 1 saturated heterocycles. The Labute approximate surface area is 174 Å². The molecule has 1 atom stereocenters. The van der Waals surface area contributed by atoms with Gasteiger partial charge in [-0.05, 0) is 24.6 Å². The van der Waals surface area contributed by atoms with E-state index >= 15 is 0 Å². The van der Waals surface area contributed by atoms with Crippen LogP contribution < -0.4 is 4.74 Å². The lowest BCUT2D eigenvalue weighted by Gasteiger charge is -2.25. The molecule has 7 nitrogen and oxygen atoms in total. The fourth-order valence-electron chi connectivity index (χ4n) is 3.43. The zero-order valence-corrected chi connectivity index (χ0v) is 17.0. The number of aliphatic hydroxyl groups is 1. The molecular formula is C23H23NO6. The van der Waals surface area contributed by atoms with Gasteiger partial charge in [-0.1, -0.05) is 42.0 Å². The summed E-state index contributed by atoms with van der Waals surface area (Å²) >= 11 is 0. The monoisotopic (exact) mass is 409 g/mol. The second-order valence-electron chi connectivity index (χ2n) is 7.02. The molecule has 0 saturated carbocycles. The van der Waals surface area contributed by atoms with Gasteiger partial charge < -0.3 is 19.5 Å². The van der Waals surface area contributed by atoms with E-state index < -0.39 is 23.7 Å². The molecule has 1 aliphatic heterocycles. The van der Waals surface area contributed by atoms with Gasteiger partial charge in [-0.3, -0.25) is 14.4 Å². The third-order valence-corrected chi connectivity index (χ3v) is 4.84. The molecule has 2 aromatic carbocycles. The standard InChI is InChI=1S/C23H23NO6/c1-14-7-9-16(10-8-14)21(26)19-20(24(11-12-29-3)23(28)22(19)27)17-5-4-6-18(13-17)30-15(2)25/h4-10,13,20,26H,11-12H2,1-3H3/b21-19-. The Bertz CT molecular complexity index is 1010. The number of methoxy groups -OCH3 is 1. The number of amides is 1. The maximum atomic E-state index is 12.9. The van der Waals surface area contributed by atoms with Gasteiger partial charge in [0.25, 0.3) is 11.7 Å². The van der Waals surface area contributed by atoms with Crippen molar-refractivity contribution in [3.63, 3.8) is 0 Å². The highest BCUT2D eigenvalue weighted by molar-refractivity contribution is 6.46. The predicted molar refractivity (Wildman–Crippen MR) is 110 cm³/mol. The van der Waals surface area contributed by atoms with Crippen LogP contribution >= 0.6 is 0 Å². The summed E-state index contributed by atoms with van der Waals surface area (Å²) < 4.78 is 10.2. The van der Waals surface area contributed by atoms with E-state index in [0.29, 0.717) is 11.1 Å². The molecule has 30 heavy (non-hydrogen) atoms. The lowest BCUT2D eigenvalue weighted by Crippen LogP contribution is -2.32. The number of rotatable bonds is 6. The molecule has 7 heteroatoms. The summed E-state index contributed by atoms with van der Waals surface area (Å²) in [4.78, 5) is 38.3. The van der Waals surface area contributed by atoms with Gasteiger partial charge in [0, 0.05) is 26.1 Å². The molecule has 3 rings (SSSR count). The van der Waals surface area contributed by atoms with Gasteiger partial charge in [-0.25, -0.2) is 0 Å². The van der Waals surface area contributed by atoms with E-state index in [1.54, 1.807) is 36.4 Å². The van der Waals surface area contributed by atoms with Crippen molar-refractivity contribution in [3.05, 3.63) is 70.8 Å². The van der Waals surface area contributed by atoms with Gasteiger partial charge in [-0.15, -0.1) is 0 Å². The number of nitrogens with zero attached hydrogens (tertiary/aromatic N) is 1. The zero-order valence-electron chi connectivity index (χ0n) is 17.0. The van der Waals surface area contributed by atoms with Gasteiger partial charge >= 0.3 is 5.97 Å². The van der Waals surface area contributed by atoms with E-state index in [-0.39, 0.29) is 30.2 Å². The molecule has 0 aliphatic carbocycles. The number of carbonyl (C=O) groups is 3. The topological polar surface area (TPSA) is 93.1 Å². The molecule has 1 heterocycles. The summed E-state index contributed by atoms with van der Waals surface area (Å²) in [7, 11) is 1.50. The van der Waals surface area contributed by atoms with Gasteiger partial charge in [0.15, 0.2) is 0 Å². The van der Waals surface area contributed by atoms with Crippen molar-refractivity contribution < 1.29 is 29.0 Å². The number of hydrogen-bond donors (Lipinski definition) is 1. The summed E-state index contributed by atoms with van der Waals surface area (Å²) in [6.07, 6.45) is 0. The predicted octanol–water partition coefficient (Wildman–Crippen LogP) is 2.99. The number of benzene rings is 2. The SMILES string of the molecule is COCCN1C(=O)C(=O)/C(=C(\O)c2ccc(C)cc2)C1c1cccc(OC(C)=O)c1. The normalized spacial score (nSPS) is 18.0. The first-order valence-corrected chi connectivity index (χ1v) is 9.46. The van der Waals surface area contributed by atoms with E-state index in [1.165, 1.54) is 18.9 Å². The molecule has 1 amide bonds. The summed E-state index contributed by atoms with van der Waals surface area (Å²) in [6, 6.07) is 12.7. The van der Waals surface area contributed by atoms with E-state index in [4.69, 9.17) is 9.47 Å². The molecule has 0 aromatic heterocycles. The Kier molecular flexibility index (Phi) is 6.32. The van der Waals surface area contributed by atoms with Crippen LogP contribution in [-0.4, -0.2) is 47.9 Å². The Hall–Kier alpha value is -3.45. The Morgan fingerprint density at radius 3 is 2.47 bits per heavy atom. The maximum Gasteiger partial charge on any atom is 0.308 e. The first-order valence-electron chi connectivity index (χ1n) is 9.46. The summed E-state index contributed by atoms with van der Waals surface area (Å²) in [6.45, 7) is 3.58. The van der Waals surface area contributed by atoms with Crippen molar-refractivity contribution in [2.75, 3.05) is 20.3 Å². The van der Waals surface area contributed by atoms with Crippen molar-refractivity contribution in [2.24, 2.45) is 0 Å². The number of hydrogen-bond acceptors (Lipinski definition) is 6. The number of aryl methyl sites for hydroxylation is 1. The van der Waals surface area contributed by atoms with Crippen LogP contribution in [0.3, 0.4) is 0 Å². The van der Waals surface area contributed by atoms with Crippen LogP contribution in [0.15, 0.2) is 54.1 Å². The first kappa shape index (κ1) is 21.3. The highest BCUT2D eigenvalue weighted by Crippen LogP contribution is 2.40. The minimum atomic E-state index is -0.836. The van der Waals surface area contributed by atoms with Crippen LogP contribution in [0.5, 0.6) is 5.75 Å². The lowest BCUT2D eigenvalue weighted by atomic mass is 9.95. The number of likely N-dealkylation sites (tertiary alicyclic amines) is 1. The Morgan fingerprint density at radius 2 is 1.83 bits per heavy atom. The molecule has 0 spiro atoms. The lowest BCUT2D eigenvalue weighted by molar-refractivity contribution is -0.140. The van der Waals surface area contributed by atoms with E-state index in [9.17, 15) is 19.5 Å². The van der Waals surface area contributed by atoms with E-state index in [1.807, 2.05) is 19.1 Å². The maximum absolute atomic E-state index is 12.9. The third kappa shape index (κ3) is 4.26. The van der Waals surface area contributed by atoms with Gasteiger partial charge in [0.2, 0.25) is 0 Å². The minimum absolute atomic E-state index is 0.0140. The fraction of sp³-hybridized carbons (Fsp3) is 0.261. The number of carbonyl (C=O) groups excluding carboxylic acids is 3. The summed E-state index contributed by atoms with van der Waals surface area (Å²) in [5.41, 5.74) is 1.96. The van der Waals surface area contributed by atoms with Crippen LogP contribution in [0.2, 0.25) is 0 Å². The number of aliphatic hydroxyl groups excluding tert-OH is 1. The molecule has 1 aliphatic rings. The fourth-order valence-corrected chi connectivity index (χ4v) is 3.43. The second-order valence-corrected chi connectivity index (χ2v) is 7.02. The van der Waals surface area contributed by atoms with Crippen LogP contribution in [0.1, 0.15) is 29.7 Å². The molecule has 0 radical (unpaired) electrons. The van der Waals surface area contributed by atoms with Gasteiger partial charge in [-0.2, -0.15) is 0 Å².